The van der Waals surface area contributed by atoms with Crippen molar-refractivity contribution in [2.45, 2.75) is 25.4 Å². The number of amides is 2. The second-order valence-electron chi connectivity index (χ2n) is 8.63. The van der Waals surface area contributed by atoms with Gasteiger partial charge in [-0.15, -0.1) is 0 Å². The van der Waals surface area contributed by atoms with Gasteiger partial charge in [0.05, 0.1) is 11.1 Å². The first-order valence-corrected chi connectivity index (χ1v) is 10.6. The highest BCUT2D eigenvalue weighted by molar-refractivity contribution is 5.74. The number of hydrogen-bond acceptors (Lipinski definition) is 2. The zero-order valence-corrected chi connectivity index (χ0v) is 17.6. The van der Waals surface area contributed by atoms with Gasteiger partial charge in [0.15, 0.2) is 0 Å². The fourth-order valence-corrected chi connectivity index (χ4v) is 4.68. The fourth-order valence-electron chi connectivity index (χ4n) is 4.68. The average molecular weight is 471 g/mol. The molecule has 2 amide bonds. The summed E-state index contributed by atoms with van der Waals surface area (Å²) >= 11 is 0. The normalized spacial score (nSPS) is 21.3. The number of alkyl halides is 6. The van der Waals surface area contributed by atoms with Crippen molar-refractivity contribution in [3.63, 3.8) is 0 Å². The molecule has 2 saturated heterocycles. The van der Waals surface area contributed by atoms with Crippen LogP contribution in [0.5, 0.6) is 0 Å². The van der Waals surface area contributed by atoms with Gasteiger partial charge in [0, 0.05) is 39.3 Å². The zero-order chi connectivity index (χ0) is 23.8. The third kappa shape index (κ3) is 5.43. The van der Waals surface area contributed by atoms with Crippen LogP contribution in [0.3, 0.4) is 0 Å². The molecule has 33 heavy (non-hydrogen) atoms. The van der Waals surface area contributed by atoms with Crippen molar-refractivity contribution in [1.29, 1.82) is 0 Å². The first-order valence-electron chi connectivity index (χ1n) is 10.6. The molecule has 2 aromatic rings. The van der Waals surface area contributed by atoms with Crippen molar-refractivity contribution in [2.75, 3.05) is 26.2 Å². The molecule has 2 aliphatic heterocycles. The molecule has 10 heteroatoms. The molecule has 178 valence electrons. The maximum absolute atomic E-state index is 13.3. The Hall–Kier alpha value is -2.75. The lowest BCUT2D eigenvalue weighted by Crippen LogP contribution is -2.40. The average Bonchev–Trinajstić information content (AvgIpc) is 3.30. The highest BCUT2D eigenvalue weighted by Gasteiger charge is 2.42. The predicted molar refractivity (Wildman–Crippen MR) is 109 cm³/mol. The Bertz CT molecular complexity index is 978. The van der Waals surface area contributed by atoms with Crippen LogP contribution in [0.15, 0.2) is 48.5 Å². The lowest BCUT2D eigenvalue weighted by Gasteiger charge is -2.22. The number of carbonyl (C=O) groups is 1. The van der Waals surface area contributed by atoms with Crippen LogP contribution in [0.2, 0.25) is 0 Å². The Labute approximate surface area is 187 Å². The van der Waals surface area contributed by atoms with E-state index in [0.29, 0.717) is 19.2 Å². The number of nitrogens with zero attached hydrogens (tertiary/aromatic N) is 2. The monoisotopic (exact) mass is 471 g/mol. The molecule has 2 heterocycles. The van der Waals surface area contributed by atoms with Crippen molar-refractivity contribution in [3.05, 3.63) is 70.8 Å². The maximum atomic E-state index is 13.3. The van der Waals surface area contributed by atoms with Crippen LogP contribution in [-0.4, -0.2) is 42.0 Å². The van der Waals surface area contributed by atoms with Gasteiger partial charge in [-0.3, -0.25) is 4.90 Å². The highest BCUT2D eigenvalue weighted by atomic mass is 19.4. The number of benzene rings is 2. The Balaban J connectivity index is 1.33. The predicted octanol–water partition coefficient (Wildman–Crippen LogP) is 5.00. The molecule has 2 fully saturated rings. The van der Waals surface area contributed by atoms with Crippen molar-refractivity contribution in [1.82, 2.24) is 15.1 Å². The molecule has 0 bridgehead atoms. The van der Waals surface area contributed by atoms with Crippen LogP contribution < -0.4 is 5.32 Å². The van der Waals surface area contributed by atoms with Crippen molar-refractivity contribution in [2.24, 2.45) is 11.8 Å². The minimum absolute atomic E-state index is 0.0864. The van der Waals surface area contributed by atoms with Gasteiger partial charge in [-0.25, -0.2) is 4.79 Å². The topological polar surface area (TPSA) is 35.6 Å². The lowest BCUT2D eigenvalue weighted by atomic mass is 10.0. The molecule has 0 aliphatic carbocycles. The molecule has 0 spiro atoms. The van der Waals surface area contributed by atoms with Crippen molar-refractivity contribution >= 4 is 6.03 Å². The van der Waals surface area contributed by atoms with Gasteiger partial charge in [-0.2, -0.15) is 26.3 Å². The van der Waals surface area contributed by atoms with E-state index >= 15 is 0 Å². The number of nitrogens with one attached hydrogen (secondary N) is 1. The van der Waals surface area contributed by atoms with Crippen LogP contribution >= 0.6 is 0 Å². The third-order valence-corrected chi connectivity index (χ3v) is 6.27. The molecular weight excluding hydrogens is 448 g/mol. The summed E-state index contributed by atoms with van der Waals surface area (Å²) < 4.78 is 78.4. The molecule has 2 atom stereocenters. The van der Waals surface area contributed by atoms with Gasteiger partial charge in [-0.1, -0.05) is 36.4 Å². The molecule has 4 nitrogen and oxygen atoms in total. The Morgan fingerprint density at radius 3 is 2.09 bits per heavy atom. The van der Waals surface area contributed by atoms with E-state index in [9.17, 15) is 31.1 Å². The number of hydrogen-bond donors (Lipinski definition) is 1. The maximum Gasteiger partial charge on any atom is 0.416 e. The van der Waals surface area contributed by atoms with E-state index < -0.39 is 41.6 Å². The van der Waals surface area contributed by atoms with Crippen molar-refractivity contribution < 1.29 is 31.1 Å². The number of halogens is 6. The SMILES string of the molecule is O=C(NCc1ccc(C(F)(F)F)cc1C(F)(F)F)N1CC2CN(Cc3ccccc3)C[C@H]2C1. The largest absolute Gasteiger partial charge is 0.416 e. The van der Waals surface area contributed by atoms with Gasteiger partial charge in [0.25, 0.3) is 0 Å². The van der Waals surface area contributed by atoms with Crippen LogP contribution in [0.4, 0.5) is 31.1 Å². The molecular formula is C23H23F6N3O. The summed E-state index contributed by atoms with van der Waals surface area (Å²) in [6, 6.07) is 11.0. The van der Waals surface area contributed by atoms with E-state index in [1.807, 2.05) is 18.2 Å². The molecule has 4 rings (SSSR count). The Morgan fingerprint density at radius 2 is 1.52 bits per heavy atom. The molecule has 0 saturated carbocycles. The minimum Gasteiger partial charge on any atom is -0.334 e. The zero-order valence-electron chi connectivity index (χ0n) is 17.6. The Morgan fingerprint density at radius 1 is 0.879 bits per heavy atom. The number of likely N-dealkylation sites (tertiary alicyclic amines) is 2. The van der Waals surface area contributed by atoms with Gasteiger partial charge in [-0.05, 0) is 35.1 Å². The first-order chi connectivity index (χ1) is 15.5. The third-order valence-electron chi connectivity index (χ3n) is 6.27. The molecule has 2 aromatic carbocycles. The number of rotatable bonds is 4. The molecule has 1 unspecified atom stereocenters. The minimum atomic E-state index is -4.96. The second kappa shape index (κ2) is 8.89. The smallest absolute Gasteiger partial charge is 0.334 e. The second-order valence-corrected chi connectivity index (χ2v) is 8.63. The lowest BCUT2D eigenvalue weighted by molar-refractivity contribution is -0.143. The highest BCUT2D eigenvalue weighted by Crippen LogP contribution is 2.37. The van der Waals surface area contributed by atoms with Crippen LogP contribution in [0.25, 0.3) is 0 Å². The molecule has 1 N–H and O–H groups in total. The van der Waals surface area contributed by atoms with Gasteiger partial charge >= 0.3 is 18.4 Å². The number of urea groups is 1. The fraction of sp³-hybridized carbons (Fsp3) is 0.435. The van der Waals surface area contributed by atoms with Gasteiger partial charge in [0.2, 0.25) is 0 Å². The summed E-state index contributed by atoms with van der Waals surface area (Å²) in [7, 11) is 0. The summed E-state index contributed by atoms with van der Waals surface area (Å²) in [5.74, 6) is 0.576. The molecule has 0 radical (unpaired) electrons. The quantitative estimate of drug-likeness (QED) is 0.638. The van der Waals surface area contributed by atoms with E-state index in [0.717, 1.165) is 25.7 Å². The van der Waals surface area contributed by atoms with Gasteiger partial charge < -0.3 is 10.2 Å². The van der Waals surface area contributed by atoms with E-state index in [2.05, 4.69) is 22.3 Å². The Kier molecular flexibility index (Phi) is 6.30. The van der Waals surface area contributed by atoms with E-state index in [4.69, 9.17) is 0 Å². The number of carbonyl (C=O) groups excluding carboxylic acids is 1. The van der Waals surface area contributed by atoms with E-state index in [1.165, 1.54) is 5.56 Å². The van der Waals surface area contributed by atoms with E-state index in [-0.39, 0.29) is 17.9 Å². The van der Waals surface area contributed by atoms with Crippen LogP contribution in [0.1, 0.15) is 22.3 Å². The van der Waals surface area contributed by atoms with Gasteiger partial charge in [0.1, 0.15) is 0 Å². The van der Waals surface area contributed by atoms with Crippen LogP contribution in [0, 0.1) is 11.8 Å². The summed E-state index contributed by atoms with van der Waals surface area (Å²) in [5, 5.41) is 2.44. The molecule has 2 aliphatic rings. The number of fused-ring (bicyclic) bond motifs is 1. The molecule has 0 aromatic heterocycles. The summed E-state index contributed by atoms with van der Waals surface area (Å²) in [6.07, 6.45) is -9.85. The summed E-state index contributed by atoms with van der Waals surface area (Å²) in [5.41, 5.74) is -1.97. The summed E-state index contributed by atoms with van der Waals surface area (Å²) in [6.45, 7) is 2.99. The van der Waals surface area contributed by atoms with E-state index in [1.54, 1.807) is 4.90 Å². The standard InChI is InChI=1S/C23H23F6N3O/c24-22(25,26)19-7-6-16(20(8-19)23(27,28)29)9-30-21(33)32-13-17-11-31(12-18(17)14-32)10-15-4-2-1-3-5-15/h1-8,17-18H,9-14H2,(H,30,33)/t17-,18?/m0/s1. The van der Waals surface area contributed by atoms with Crippen molar-refractivity contribution in [3.8, 4) is 0 Å². The summed E-state index contributed by atoms with van der Waals surface area (Å²) in [4.78, 5) is 16.5. The van der Waals surface area contributed by atoms with Crippen LogP contribution in [-0.2, 0) is 25.4 Å². The first kappa shape index (κ1) is 23.4.